The van der Waals surface area contributed by atoms with Crippen molar-refractivity contribution >= 4 is 23.2 Å². The van der Waals surface area contributed by atoms with Gasteiger partial charge in [0.2, 0.25) is 0 Å². The molecule has 5 nitrogen and oxygen atoms in total. The highest BCUT2D eigenvalue weighted by atomic mass is 35.5. The van der Waals surface area contributed by atoms with E-state index in [1.165, 1.54) is 11.6 Å². The molecule has 29 heavy (non-hydrogen) atoms. The molecule has 0 aromatic heterocycles. The topological polar surface area (TPSA) is 67.6 Å². The Labute approximate surface area is 177 Å². The lowest BCUT2D eigenvalue weighted by atomic mass is 10.00. The molecule has 1 aliphatic rings. The molecule has 3 N–H and O–H groups in total. The molecule has 0 saturated carbocycles. The number of nitrogens with two attached hydrogens (primary N) is 1. The van der Waals surface area contributed by atoms with Crippen LogP contribution < -0.4 is 15.8 Å². The number of ether oxygens (including phenoxy) is 1. The maximum atomic E-state index is 12.8. The zero-order valence-corrected chi connectivity index (χ0v) is 17.3. The molecule has 0 aliphatic carbocycles. The van der Waals surface area contributed by atoms with E-state index in [-0.39, 0.29) is 18.6 Å². The molecule has 152 valence electrons. The van der Waals surface area contributed by atoms with E-state index in [2.05, 4.69) is 47.3 Å². The molecule has 2 aromatic carbocycles. The van der Waals surface area contributed by atoms with Crippen LogP contribution in [0.25, 0.3) is 0 Å². The van der Waals surface area contributed by atoms with Crippen LogP contribution in [0.1, 0.15) is 41.7 Å². The van der Waals surface area contributed by atoms with Crippen LogP contribution in [0.4, 0.5) is 5.69 Å². The molecule has 2 aromatic rings. The molecular weight excluding hydrogens is 386 g/mol. The number of hydrogen-bond acceptors (Lipinski definition) is 4. The molecule has 1 unspecified atom stereocenters. The van der Waals surface area contributed by atoms with Gasteiger partial charge >= 0.3 is 0 Å². The van der Waals surface area contributed by atoms with E-state index < -0.39 is 0 Å². The van der Waals surface area contributed by atoms with Gasteiger partial charge in [-0.25, -0.2) is 0 Å². The van der Waals surface area contributed by atoms with E-state index in [0.717, 1.165) is 25.9 Å². The van der Waals surface area contributed by atoms with Crippen LogP contribution in [0.5, 0.6) is 5.75 Å². The van der Waals surface area contributed by atoms with Crippen LogP contribution in [0.3, 0.4) is 0 Å². The van der Waals surface area contributed by atoms with Gasteiger partial charge in [-0.2, -0.15) is 0 Å². The minimum absolute atomic E-state index is 0.0527. The second-order valence-corrected chi connectivity index (χ2v) is 7.64. The minimum Gasteiger partial charge on any atom is -0.480 e. The zero-order valence-electron chi connectivity index (χ0n) is 16.5. The highest BCUT2D eigenvalue weighted by molar-refractivity contribution is 6.33. The number of piperidine rings is 1. The van der Waals surface area contributed by atoms with Gasteiger partial charge in [0.25, 0.3) is 5.91 Å². The third-order valence-corrected chi connectivity index (χ3v) is 5.68. The maximum absolute atomic E-state index is 12.8. The average Bonchev–Trinajstić information content (AvgIpc) is 2.75. The lowest BCUT2D eigenvalue weighted by Crippen LogP contribution is -2.45. The van der Waals surface area contributed by atoms with Gasteiger partial charge in [-0.1, -0.05) is 47.9 Å². The van der Waals surface area contributed by atoms with Gasteiger partial charge in [0, 0.05) is 31.2 Å². The first-order valence-electron chi connectivity index (χ1n) is 9.74. The summed E-state index contributed by atoms with van der Waals surface area (Å²) in [5.41, 5.74) is 7.84. The Morgan fingerprint density at radius 1 is 1.34 bits per heavy atom. The Bertz CT molecular complexity index is 887. The predicted molar refractivity (Wildman–Crippen MR) is 117 cm³/mol. The molecule has 1 amide bonds. The Morgan fingerprint density at radius 3 is 2.69 bits per heavy atom. The van der Waals surface area contributed by atoms with Gasteiger partial charge < -0.3 is 15.8 Å². The normalized spacial score (nSPS) is 16.0. The number of nitrogen functional groups attached to an aromatic ring is 1. The number of nitrogens with one attached hydrogen (secondary N) is 1. The summed E-state index contributed by atoms with van der Waals surface area (Å²) < 4.78 is 5.49. The number of likely N-dealkylation sites (tertiary alicyclic amines) is 1. The second kappa shape index (κ2) is 9.69. The van der Waals surface area contributed by atoms with Crippen LogP contribution in [0.2, 0.25) is 5.02 Å². The Morgan fingerprint density at radius 2 is 2.03 bits per heavy atom. The van der Waals surface area contributed by atoms with Crippen molar-refractivity contribution in [2.24, 2.45) is 0 Å². The third kappa shape index (κ3) is 5.23. The van der Waals surface area contributed by atoms with Crippen LogP contribution in [-0.2, 0) is 0 Å². The monoisotopic (exact) mass is 411 g/mol. The summed E-state index contributed by atoms with van der Waals surface area (Å²) in [5.74, 6) is 2.51. The van der Waals surface area contributed by atoms with Gasteiger partial charge in [-0.15, -0.1) is 6.42 Å². The summed E-state index contributed by atoms with van der Waals surface area (Å²) in [6.45, 7) is 4.12. The quantitative estimate of drug-likeness (QED) is 0.559. The van der Waals surface area contributed by atoms with E-state index in [9.17, 15) is 4.79 Å². The molecule has 1 aliphatic heterocycles. The number of carbonyl (C=O) groups excluding carboxylic acids is 1. The van der Waals surface area contributed by atoms with E-state index >= 15 is 0 Å². The van der Waals surface area contributed by atoms with Crippen molar-refractivity contribution in [1.29, 1.82) is 0 Å². The summed E-state index contributed by atoms with van der Waals surface area (Å²) in [5, 5.41) is 3.42. The van der Waals surface area contributed by atoms with Crippen molar-refractivity contribution in [3.63, 3.8) is 0 Å². The van der Waals surface area contributed by atoms with Crippen molar-refractivity contribution in [3.05, 3.63) is 58.6 Å². The molecule has 1 heterocycles. The third-order valence-electron chi connectivity index (χ3n) is 5.35. The van der Waals surface area contributed by atoms with E-state index in [0.29, 0.717) is 28.1 Å². The second-order valence-electron chi connectivity index (χ2n) is 7.23. The first-order valence-corrected chi connectivity index (χ1v) is 10.1. The largest absolute Gasteiger partial charge is 0.480 e. The summed E-state index contributed by atoms with van der Waals surface area (Å²) in [4.78, 5) is 15.3. The standard InChI is InChI=1S/C23H26ClN3O2/c1-3-13-29-22-15-21(25)20(24)14-19(22)23(28)26-18-9-11-27(12-10-18)16(2)17-7-5-4-6-8-17/h1,4-8,14-16,18H,9-13,25H2,2H3,(H,26,28). The fourth-order valence-electron chi connectivity index (χ4n) is 3.62. The number of rotatable bonds is 6. The molecule has 0 radical (unpaired) electrons. The number of anilines is 1. The number of nitrogens with zero attached hydrogens (tertiary/aromatic N) is 1. The fraction of sp³-hybridized carbons (Fsp3) is 0.348. The van der Waals surface area contributed by atoms with Gasteiger partial charge in [0.15, 0.2) is 0 Å². The average molecular weight is 412 g/mol. The lowest BCUT2D eigenvalue weighted by molar-refractivity contribution is 0.0892. The van der Waals surface area contributed by atoms with Gasteiger partial charge in [0.1, 0.15) is 12.4 Å². The minimum atomic E-state index is -0.228. The Hall–Kier alpha value is -2.68. The van der Waals surface area contributed by atoms with Gasteiger partial charge in [-0.05, 0) is 31.4 Å². The van der Waals surface area contributed by atoms with Crippen LogP contribution >= 0.6 is 11.6 Å². The number of carbonyl (C=O) groups is 1. The molecule has 1 atom stereocenters. The molecule has 3 rings (SSSR count). The highest BCUT2D eigenvalue weighted by Gasteiger charge is 2.26. The Balaban J connectivity index is 1.61. The van der Waals surface area contributed by atoms with Crippen LogP contribution in [0, 0.1) is 12.3 Å². The van der Waals surface area contributed by atoms with Crippen molar-refractivity contribution in [2.75, 3.05) is 25.4 Å². The van der Waals surface area contributed by atoms with E-state index in [4.69, 9.17) is 28.5 Å². The summed E-state index contributed by atoms with van der Waals surface area (Å²) >= 11 is 6.11. The molecular formula is C23H26ClN3O2. The lowest BCUT2D eigenvalue weighted by Gasteiger charge is -2.36. The van der Waals surface area contributed by atoms with Crippen LogP contribution in [0.15, 0.2) is 42.5 Å². The van der Waals surface area contributed by atoms with Gasteiger partial charge in [0.05, 0.1) is 16.3 Å². The van der Waals surface area contributed by atoms with Crippen molar-refractivity contribution < 1.29 is 9.53 Å². The van der Waals surface area contributed by atoms with Gasteiger partial charge in [-0.3, -0.25) is 9.69 Å². The SMILES string of the molecule is C#CCOc1cc(N)c(Cl)cc1C(=O)NC1CCN(C(C)c2ccccc2)CC1. The number of amides is 1. The Kier molecular flexibility index (Phi) is 7.03. The first kappa shape index (κ1) is 21.0. The zero-order chi connectivity index (χ0) is 20.8. The van der Waals surface area contributed by atoms with Crippen molar-refractivity contribution in [1.82, 2.24) is 10.2 Å². The molecule has 1 fully saturated rings. The van der Waals surface area contributed by atoms with E-state index in [1.54, 1.807) is 6.07 Å². The summed E-state index contributed by atoms with van der Waals surface area (Å²) in [6.07, 6.45) is 7.02. The number of terminal acetylenes is 1. The smallest absolute Gasteiger partial charge is 0.255 e. The van der Waals surface area contributed by atoms with Crippen molar-refractivity contribution in [3.8, 4) is 18.1 Å². The number of halogens is 1. The predicted octanol–water partition coefficient (Wildman–Crippen LogP) is 3.89. The van der Waals surface area contributed by atoms with Crippen molar-refractivity contribution in [2.45, 2.75) is 31.8 Å². The van der Waals surface area contributed by atoms with E-state index in [1.807, 2.05) is 6.07 Å². The number of hydrogen-bond donors (Lipinski definition) is 2. The first-order chi connectivity index (χ1) is 14.0. The fourth-order valence-corrected chi connectivity index (χ4v) is 3.79. The summed E-state index contributed by atoms with van der Waals surface area (Å²) in [7, 11) is 0. The highest BCUT2D eigenvalue weighted by Crippen LogP contribution is 2.30. The molecule has 1 saturated heterocycles. The summed E-state index contributed by atoms with van der Waals surface area (Å²) in [6, 6.07) is 14.0. The maximum Gasteiger partial charge on any atom is 0.255 e. The number of benzene rings is 2. The molecule has 0 spiro atoms. The molecule has 0 bridgehead atoms. The molecule has 6 heteroatoms. The van der Waals surface area contributed by atoms with Crippen LogP contribution in [-0.4, -0.2) is 36.5 Å².